The van der Waals surface area contributed by atoms with Crippen molar-refractivity contribution in [3.8, 4) is 6.07 Å². The summed E-state index contributed by atoms with van der Waals surface area (Å²) in [6, 6.07) is 15.3. The molecule has 0 N–H and O–H groups in total. The van der Waals surface area contributed by atoms with Crippen LogP contribution in [0.1, 0.15) is 19.4 Å². The molecule has 0 saturated heterocycles. The minimum atomic E-state index is -0.336. The Labute approximate surface area is 115 Å². The van der Waals surface area contributed by atoms with Crippen molar-refractivity contribution >= 4 is 16.5 Å². The minimum absolute atomic E-state index is 0.336. The summed E-state index contributed by atoms with van der Waals surface area (Å²) >= 11 is 0. The normalized spacial score (nSPS) is 11.3. The maximum absolute atomic E-state index is 9.12. The molecule has 0 atom stereocenters. The first-order valence-electron chi connectivity index (χ1n) is 6.54. The zero-order valence-electron chi connectivity index (χ0n) is 12.1. The van der Waals surface area contributed by atoms with Crippen LogP contribution in [0, 0.1) is 23.7 Å². The topological polar surface area (TPSA) is 27.0 Å². The van der Waals surface area contributed by atoms with Gasteiger partial charge in [0.2, 0.25) is 0 Å². The molecule has 2 aromatic rings. The van der Waals surface area contributed by atoms with E-state index in [0.29, 0.717) is 0 Å². The van der Waals surface area contributed by atoms with Crippen LogP contribution in [0.5, 0.6) is 0 Å². The number of hydrogen-bond donors (Lipinski definition) is 0. The van der Waals surface area contributed by atoms with Gasteiger partial charge in [-0.15, -0.1) is 0 Å². The van der Waals surface area contributed by atoms with E-state index in [1.165, 1.54) is 16.3 Å². The Balaban J connectivity index is 2.31. The van der Waals surface area contributed by atoms with Crippen molar-refractivity contribution in [2.45, 2.75) is 20.8 Å². The first kappa shape index (κ1) is 13.4. The molecule has 2 aromatic carbocycles. The Kier molecular flexibility index (Phi) is 3.48. The highest BCUT2D eigenvalue weighted by Crippen LogP contribution is 2.25. The van der Waals surface area contributed by atoms with Crippen LogP contribution in [0.15, 0.2) is 36.4 Å². The van der Waals surface area contributed by atoms with Gasteiger partial charge in [-0.2, -0.15) is 5.26 Å². The molecule has 0 unspecified atom stereocenters. The molecular weight excluding hydrogens is 232 g/mol. The van der Waals surface area contributed by atoms with Crippen molar-refractivity contribution in [3.05, 3.63) is 42.0 Å². The molecule has 0 fully saturated rings. The van der Waals surface area contributed by atoms with Gasteiger partial charge in [-0.3, -0.25) is 0 Å². The fraction of sp³-hybridized carbons (Fsp3) is 0.353. The van der Waals surface area contributed by atoms with Crippen molar-refractivity contribution in [1.29, 1.82) is 5.26 Å². The van der Waals surface area contributed by atoms with Crippen LogP contribution < -0.4 is 4.90 Å². The van der Waals surface area contributed by atoms with Gasteiger partial charge < -0.3 is 4.90 Å². The van der Waals surface area contributed by atoms with Crippen molar-refractivity contribution < 1.29 is 0 Å². The second-order valence-corrected chi connectivity index (χ2v) is 5.89. The van der Waals surface area contributed by atoms with E-state index in [2.05, 4.69) is 54.3 Å². The van der Waals surface area contributed by atoms with Crippen molar-refractivity contribution in [2.75, 3.05) is 18.5 Å². The third kappa shape index (κ3) is 3.06. The van der Waals surface area contributed by atoms with E-state index >= 15 is 0 Å². The highest BCUT2D eigenvalue weighted by molar-refractivity contribution is 5.86. The largest absolute Gasteiger partial charge is 0.373 e. The molecule has 2 heteroatoms. The van der Waals surface area contributed by atoms with E-state index in [0.717, 1.165) is 12.2 Å². The monoisotopic (exact) mass is 252 g/mol. The average molecular weight is 252 g/mol. The fourth-order valence-electron chi connectivity index (χ4n) is 2.31. The molecule has 2 rings (SSSR count). The summed E-state index contributed by atoms with van der Waals surface area (Å²) in [5.74, 6) is 0. The average Bonchev–Trinajstić information content (AvgIpc) is 2.37. The summed E-state index contributed by atoms with van der Waals surface area (Å²) < 4.78 is 0. The fourth-order valence-corrected chi connectivity index (χ4v) is 2.31. The van der Waals surface area contributed by atoms with Crippen molar-refractivity contribution in [2.24, 2.45) is 5.41 Å². The SMILES string of the molecule is Cc1ccc2cc(N(C)CC(C)(C)C#N)ccc2c1. The van der Waals surface area contributed by atoms with E-state index in [1.807, 2.05) is 20.9 Å². The molecule has 0 aromatic heterocycles. The first-order chi connectivity index (χ1) is 8.91. The number of fused-ring (bicyclic) bond motifs is 1. The number of aryl methyl sites for hydroxylation is 1. The van der Waals surface area contributed by atoms with Gasteiger partial charge in [0, 0.05) is 19.3 Å². The molecular formula is C17H20N2. The first-order valence-corrected chi connectivity index (χ1v) is 6.54. The van der Waals surface area contributed by atoms with E-state index in [1.54, 1.807) is 0 Å². The number of anilines is 1. The van der Waals surface area contributed by atoms with E-state index < -0.39 is 0 Å². The Morgan fingerprint density at radius 1 is 1.11 bits per heavy atom. The molecule has 19 heavy (non-hydrogen) atoms. The van der Waals surface area contributed by atoms with Gasteiger partial charge in [0.15, 0.2) is 0 Å². The maximum Gasteiger partial charge on any atom is 0.0702 e. The lowest BCUT2D eigenvalue weighted by Crippen LogP contribution is -2.30. The van der Waals surface area contributed by atoms with Gasteiger partial charge in [0.05, 0.1) is 11.5 Å². The summed E-state index contributed by atoms with van der Waals surface area (Å²) in [5.41, 5.74) is 2.09. The molecule has 0 aliphatic heterocycles. The maximum atomic E-state index is 9.12. The molecule has 98 valence electrons. The standard InChI is InChI=1S/C17H20N2/c1-13-5-6-15-10-16(8-7-14(15)9-13)19(4)12-17(2,3)11-18/h5-10H,12H2,1-4H3. The smallest absolute Gasteiger partial charge is 0.0702 e. The highest BCUT2D eigenvalue weighted by atomic mass is 15.1. The van der Waals surface area contributed by atoms with Crippen LogP contribution >= 0.6 is 0 Å². The van der Waals surface area contributed by atoms with Crippen molar-refractivity contribution in [1.82, 2.24) is 0 Å². The number of nitriles is 1. The van der Waals surface area contributed by atoms with Crippen LogP contribution in [0.4, 0.5) is 5.69 Å². The summed E-state index contributed by atoms with van der Waals surface area (Å²) in [6.45, 7) is 6.76. The summed E-state index contributed by atoms with van der Waals surface area (Å²) in [6.07, 6.45) is 0. The summed E-state index contributed by atoms with van der Waals surface area (Å²) in [4.78, 5) is 2.14. The number of hydrogen-bond acceptors (Lipinski definition) is 2. The van der Waals surface area contributed by atoms with Crippen LogP contribution in [0.2, 0.25) is 0 Å². The van der Waals surface area contributed by atoms with Crippen LogP contribution in [-0.4, -0.2) is 13.6 Å². The molecule has 0 heterocycles. The Hall–Kier alpha value is -2.01. The van der Waals surface area contributed by atoms with Gasteiger partial charge in [0.25, 0.3) is 0 Å². The predicted octanol–water partition coefficient (Wildman–Crippen LogP) is 4.13. The zero-order chi connectivity index (χ0) is 14.0. The molecule has 0 bridgehead atoms. The number of rotatable bonds is 3. The van der Waals surface area contributed by atoms with Crippen molar-refractivity contribution in [3.63, 3.8) is 0 Å². The molecule has 0 saturated carbocycles. The zero-order valence-corrected chi connectivity index (χ0v) is 12.1. The lowest BCUT2D eigenvalue weighted by molar-refractivity contribution is 0.497. The molecule has 0 aliphatic carbocycles. The number of benzene rings is 2. The molecule has 0 amide bonds. The van der Waals surface area contributed by atoms with Gasteiger partial charge in [0.1, 0.15) is 0 Å². The summed E-state index contributed by atoms with van der Waals surface area (Å²) in [7, 11) is 2.04. The second kappa shape index (κ2) is 4.93. The Bertz CT molecular complexity index is 635. The predicted molar refractivity (Wildman–Crippen MR) is 81.3 cm³/mol. The number of nitrogens with zero attached hydrogens (tertiary/aromatic N) is 2. The van der Waals surface area contributed by atoms with E-state index in [4.69, 9.17) is 5.26 Å². The third-order valence-corrected chi connectivity index (χ3v) is 3.36. The lowest BCUT2D eigenvalue weighted by atomic mass is 9.95. The van der Waals surface area contributed by atoms with Gasteiger partial charge >= 0.3 is 0 Å². The molecule has 0 radical (unpaired) electrons. The van der Waals surface area contributed by atoms with Gasteiger partial charge in [-0.1, -0.05) is 29.8 Å². The van der Waals surface area contributed by atoms with Crippen LogP contribution in [-0.2, 0) is 0 Å². The quantitative estimate of drug-likeness (QED) is 0.821. The van der Waals surface area contributed by atoms with Crippen LogP contribution in [0.3, 0.4) is 0 Å². The minimum Gasteiger partial charge on any atom is -0.373 e. The van der Waals surface area contributed by atoms with Gasteiger partial charge in [-0.05, 0) is 43.7 Å². The van der Waals surface area contributed by atoms with Crippen LogP contribution in [0.25, 0.3) is 10.8 Å². The Morgan fingerprint density at radius 2 is 1.74 bits per heavy atom. The molecule has 2 nitrogen and oxygen atoms in total. The molecule has 0 spiro atoms. The van der Waals surface area contributed by atoms with E-state index in [-0.39, 0.29) is 5.41 Å². The third-order valence-electron chi connectivity index (χ3n) is 3.36. The molecule has 0 aliphatic rings. The van der Waals surface area contributed by atoms with E-state index in [9.17, 15) is 0 Å². The summed E-state index contributed by atoms with van der Waals surface area (Å²) in [5, 5.41) is 11.6. The lowest BCUT2D eigenvalue weighted by Gasteiger charge is -2.26. The Morgan fingerprint density at radius 3 is 2.42 bits per heavy atom. The second-order valence-electron chi connectivity index (χ2n) is 5.89. The highest BCUT2D eigenvalue weighted by Gasteiger charge is 2.19. The van der Waals surface area contributed by atoms with Gasteiger partial charge in [-0.25, -0.2) is 0 Å².